The van der Waals surface area contributed by atoms with E-state index in [0.29, 0.717) is 4.90 Å². The molecule has 1 aliphatic heterocycles. The number of benzene rings is 2. The molecule has 0 amide bonds. The summed E-state index contributed by atoms with van der Waals surface area (Å²) in [6.45, 7) is 2.11. The molecule has 4 heteroatoms. The molecule has 1 N–H and O–H groups in total. The molecular formula is C16H17NO2S. The molecule has 0 radical (unpaired) electrons. The van der Waals surface area contributed by atoms with Gasteiger partial charge >= 0.3 is 0 Å². The molecule has 0 bridgehead atoms. The number of hydrogen-bond donors (Lipinski definition) is 1. The van der Waals surface area contributed by atoms with Crippen molar-refractivity contribution in [3.05, 3.63) is 59.7 Å². The van der Waals surface area contributed by atoms with E-state index in [0.717, 1.165) is 17.7 Å². The monoisotopic (exact) mass is 287 g/mol. The van der Waals surface area contributed by atoms with E-state index in [1.807, 2.05) is 24.3 Å². The Morgan fingerprint density at radius 3 is 2.50 bits per heavy atom. The lowest BCUT2D eigenvalue weighted by molar-refractivity contribution is 0.598. The summed E-state index contributed by atoms with van der Waals surface area (Å²) in [4.78, 5) is 0.461. The largest absolute Gasteiger partial charge is 0.377 e. The summed E-state index contributed by atoms with van der Waals surface area (Å²) in [6, 6.07) is 15.2. The quantitative estimate of drug-likeness (QED) is 0.943. The molecule has 1 unspecified atom stereocenters. The van der Waals surface area contributed by atoms with Crippen molar-refractivity contribution in [3.63, 3.8) is 0 Å². The van der Waals surface area contributed by atoms with Gasteiger partial charge in [-0.15, -0.1) is 0 Å². The van der Waals surface area contributed by atoms with Gasteiger partial charge in [-0.3, -0.25) is 0 Å². The van der Waals surface area contributed by atoms with Crippen molar-refractivity contribution >= 4 is 15.5 Å². The number of anilines is 1. The zero-order chi connectivity index (χ0) is 14.2. The standard InChI is InChI=1S/C16H17NO2S/c1-2-12-7-9-13(10-8-12)17-15-11-20(18,19)16-6-4-3-5-14(15)16/h3-10,15,17H,2,11H2,1H3. The van der Waals surface area contributed by atoms with Gasteiger partial charge in [0.15, 0.2) is 9.84 Å². The maximum Gasteiger partial charge on any atom is 0.181 e. The molecule has 0 spiro atoms. The summed E-state index contributed by atoms with van der Waals surface area (Å²) in [7, 11) is -3.15. The van der Waals surface area contributed by atoms with E-state index in [-0.39, 0.29) is 11.8 Å². The molecule has 3 nitrogen and oxygen atoms in total. The summed E-state index contributed by atoms with van der Waals surface area (Å²) in [5.41, 5.74) is 3.10. The third-order valence-corrected chi connectivity index (χ3v) is 5.53. The van der Waals surface area contributed by atoms with E-state index in [4.69, 9.17) is 0 Å². The van der Waals surface area contributed by atoms with Crippen LogP contribution in [0.1, 0.15) is 24.1 Å². The highest BCUT2D eigenvalue weighted by molar-refractivity contribution is 7.91. The van der Waals surface area contributed by atoms with Crippen LogP contribution in [0.15, 0.2) is 53.4 Å². The highest BCUT2D eigenvalue weighted by Gasteiger charge is 2.34. The third kappa shape index (κ3) is 2.31. The van der Waals surface area contributed by atoms with E-state index >= 15 is 0 Å². The summed E-state index contributed by atoms with van der Waals surface area (Å²) in [6.07, 6.45) is 1.00. The van der Waals surface area contributed by atoms with Gasteiger partial charge in [0.25, 0.3) is 0 Å². The van der Waals surface area contributed by atoms with Crippen LogP contribution in [0.5, 0.6) is 0 Å². The van der Waals surface area contributed by atoms with Crippen molar-refractivity contribution in [1.29, 1.82) is 0 Å². The van der Waals surface area contributed by atoms with E-state index in [2.05, 4.69) is 24.4 Å². The highest BCUT2D eigenvalue weighted by atomic mass is 32.2. The van der Waals surface area contributed by atoms with Crippen molar-refractivity contribution < 1.29 is 8.42 Å². The molecule has 1 aliphatic rings. The van der Waals surface area contributed by atoms with Gasteiger partial charge in [-0.2, -0.15) is 0 Å². The van der Waals surface area contributed by atoms with E-state index < -0.39 is 9.84 Å². The first-order valence-electron chi connectivity index (χ1n) is 6.77. The van der Waals surface area contributed by atoms with Crippen LogP contribution in [0, 0.1) is 0 Å². The highest BCUT2D eigenvalue weighted by Crippen LogP contribution is 2.35. The van der Waals surface area contributed by atoms with Gasteiger partial charge in [-0.05, 0) is 35.7 Å². The number of nitrogens with one attached hydrogen (secondary N) is 1. The van der Waals surface area contributed by atoms with Crippen molar-refractivity contribution in [1.82, 2.24) is 0 Å². The molecule has 2 aromatic rings. The minimum absolute atomic E-state index is 0.127. The predicted molar refractivity (Wildman–Crippen MR) is 80.7 cm³/mol. The summed E-state index contributed by atoms with van der Waals surface area (Å²) in [5.74, 6) is 0.127. The second-order valence-corrected chi connectivity index (χ2v) is 7.07. The maximum absolute atomic E-state index is 12.1. The van der Waals surface area contributed by atoms with E-state index in [1.54, 1.807) is 12.1 Å². The van der Waals surface area contributed by atoms with Crippen LogP contribution in [-0.4, -0.2) is 14.2 Å². The fraction of sp³-hybridized carbons (Fsp3) is 0.250. The van der Waals surface area contributed by atoms with Gasteiger partial charge in [0.1, 0.15) is 0 Å². The maximum atomic E-state index is 12.1. The molecule has 0 saturated heterocycles. The Kier molecular flexibility index (Phi) is 3.26. The van der Waals surface area contributed by atoms with Crippen LogP contribution in [0.25, 0.3) is 0 Å². The molecule has 104 valence electrons. The number of aryl methyl sites for hydroxylation is 1. The fourth-order valence-electron chi connectivity index (χ4n) is 2.61. The average Bonchev–Trinajstić information content (AvgIpc) is 2.72. The topological polar surface area (TPSA) is 46.2 Å². The zero-order valence-electron chi connectivity index (χ0n) is 11.3. The summed E-state index contributed by atoms with van der Waals surface area (Å²) < 4.78 is 24.2. The molecule has 2 aromatic carbocycles. The lowest BCUT2D eigenvalue weighted by Gasteiger charge is -2.14. The van der Waals surface area contributed by atoms with Crippen LogP contribution in [0.4, 0.5) is 5.69 Å². The lowest BCUT2D eigenvalue weighted by atomic mass is 10.1. The molecular weight excluding hydrogens is 270 g/mol. The van der Waals surface area contributed by atoms with E-state index in [1.165, 1.54) is 5.56 Å². The first kappa shape index (κ1) is 13.2. The third-order valence-electron chi connectivity index (χ3n) is 3.72. The average molecular weight is 287 g/mol. The Morgan fingerprint density at radius 2 is 1.80 bits per heavy atom. The zero-order valence-corrected chi connectivity index (χ0v) is 12.2. The first-order chi connectivity index (χ1) is 9.60. The Bertz CT molecular complexity index is 720. The molecule has 0 aliphatic carbocycles. The van der Waals surface area contributed by atoms with Crippen molar-refractivity contribution in [2.45, 2.75) is 24.3 Å². The van der Waals surface area contributed by atoms with Crippen LogP contribution in [-0.2, 0) is 16.3 Å². The van der Waals surface area contributed by atoms with Gasteiger partial charge in [0.2, 0.25) is 0 Å². The van der Waals surface area contributed by atoms with Crippen molar-refractivity contribution in [3.8, 4) is 0 Å². The molecule has 1 atom stereocenters. The SMILES string of the molecule is CCc1ccc(NC2CS(=O)(=O)c3ccccc32)cc1. The van der Waals surface area contributed by atoms with Crippen LogP contribution in [0.2, 0.25) is 0 Å². The lowest BCUT2D eigenvalue weighted by Crippen LogP contribution is -2.12. The van der Waals surface area contributed by atoms with Gasteiger partial charge in [0.05, 0.1) is 16.7 Å². The minimum Gasteiger partial charge on any atom is -0.377 e. The minimum atomic E-state index is -3.15. The van der Waals surface area contributed by atoms with Gasteiger partial charge in [-0.1, -0.05) is 37.3 Å². The summed E-state index contributed by atoms with van der Waals surface area (Å²) in [5, 5.41) is 3.32. The summed E-state index contributed by atoms with van der Waals surface area (Å²) >= 11 is 0. The molecule has 3 rings (SSSR count). The number of sulfone groups is 1. The smallest absolute Gasteiger partial charge is 0.181 e. The van der Waals surface area contributed by atoms with Crippen molar-refractivity contribution in [2.24, 2.45) is 0 Å². The normalized spacial score (nSPS) is 19.6. The predicted octanol–water partition coefficient (Wildman–Crippen LogP) is 3.19. The molecule has 1 heterocycles. The fourth-order valence-corrected chi connectivity index (χ4v) is 4.34. The number of fused-ring (bicyclic) bond motifs is 1. The van der Waals surface area contributed by atoms with Crippen molar-refractivity contribution in [2.75, 3.05) is 11.1 Å². The van der Waals surface area contributed by atoms with Gasteiger partial charge < -0.3 is 5.32 Å². The van der Waals surface area contributed by atoms with E-state index in [9.17, 15) is 8.42 Å². The van der Waals surface area contributed by atoms with Crippen LogP contribution >= 0.6 is 0 Å². The number of hydrogen-bond acceptors (Lipinski definition) is 3. The Balaban J connectivity index is 1.89. The Morgan fingerprint density at radius 1 is 1.10 bits per heavy atom. The van der Waals surface area contributed by atoms with Crippen LogP contribution < -0.4 is 5.32 Å². The van der Waals surface area contributed by atoms with Crippen LogP contribution in [0.3, 0.4) is 0 Å². The van der Waals surface area contributed by atoms with Gasteiger partial charge in [-0.25, -0.2) is 8.42 Å². The Labute approximate surface area is 119 Å². The second-order valence-electron chi connectivity index (χ2n) is 5.07. The molecule has 20 heavy (non-hydrogen) atoms. The van der Waals surface area contributed by atoms with Gasteiger partial charge in [0, 0.05) is 5.69 Å². The molecule has 0 aromatic heterocycles. The molecule has 0 saturated carbocycles. The number of rotatable bonds is 3. The Hall–Kier alpha value is -1.81. The molecule has 0 fully saturated rings. The first-order valence-corrected chi connectivity index (χ1v) is 8.42. The second kappa shape index (κ2) is 4.94.